The third-order valence-corrected chi connectivity index (χ3v) is 2.16. The Hall–Kier alpha value is -0.800. The first kappa shape index (κ1) is 8.78. The Labute approximate surface area is 85.3 Å². The van der Waals surface area contributed by atoms with E-state index in [1.807, 2.05) is 25.3 Å². The molecule has 0 saturated heterocycles. The topological polar surface area (TPSA) is 30.2 Å². The molecular weight excluding hydrogens is 209 g/mol. The van der Waals surface area contributed by atoms with Crippen LogP contribution in [0.3, 0.4) is 0 Å². The quantitative estimate of drug-likeness (QED) is 0.685. The second-order valence-corrected chi connectivity index (χ2v) is 3.83. The van der Waals surface area contributed by atoms with E-state index in [2.05, 4.69) is 10.1 Å². The highest BCUT2D eigenvalue weighted by Gasteiger charge is 2.11. The van der Waals surface area contributed by atoms with Crippen molar-refractivity contribution >= 4 is 28.8 Å². The Bertz CT molecular complexity index is 436. The Kier molecular flexibility index (Phi) is 2.14. The molecule has 0 bridgehead atoms. The van der Waals surface area contributed by atoms with E-state index in [1.54, 1.807) is 4.52 Å². The van der Waals surface area contributed by atoms with Gasteiger partial charge in [0.1, 0.15) is 0 Å². The van der Waals surface area contributed by atoms with E-state index < -0.39 is 4.84 Å². The summed E-state index contributed by atoms with van der Waals surface area (Å²) in [5.41, 5.74) is 1.85. The lowest BCUT2D eigenvalue weighted by Gasteiger charge is -1.92. The van der Waals surface area contributed by atoms with Crippen LogP contribution in [0.5, 0.6) is 0 Å². The van der Waals surface area contributed by atoms with Gasteiger partial charge in [0.25, 0.3) is 0 Å². The van der Waals surface area contributed by atoms with Crippen molar-refractivity contribution in [1.29, 1.82) is 0 Å². The van der Waals surface area contributed by atoms with Crippen molar-refractivity contribution in [3.63, 3.8) is 0 Å². The Morgan fingerprint density at radius 3 is 2.85 bits per heavy atom. The van der Waals surface area contributed by atoms with Gasteiger partial charge in [0.15, 0.2) is 16.3 Å². The smallest absolute Gasteiger partial charge is 0.184 e. The van der Waals surface area contributed by atoms with Crippen LogP contribution in [-0.4, -0.2) is 14.6 Å². The normalized spacial score (nSPS) is 11.4. The SMILES string of the molecule is Cc1cccn2nc(C(Cl)Cl)nc12. The molecule has 0 saturated carbocycles. The summed E-state index contributed by atoms with van der Waals surface area (Å²) in [7, 11) is 0. The fraction of sp³-hybridized carbons (Fsp3) is 0.250. The summed E-state index contributed by atoms with van der Waals surface area (Å²) in [5, 5.41) is 4.11. The van der Waals surface area contributed by atoms with Crippen LogP contribution in [0.4, 0.5) is 0 Å². The molecule has 0 amide bonds. The first-order chi connectivity index (χ1) is 6.18. The van der Waals surface area contributed by atoms with Gasteiger partial charge >= 0.3 is 0 Å². The number of alkyl halides is 2. The predicted molar refractivity (Wildman–Crippen MR) is 52.2 cm³/mol. The molecule has 0 atom stereocenters. The maximum absolute atomic E-state index is 5.65. The zero-order valence-electron chi connectivity index (χ0n) is 6.91. The molecule has 0 fully saturated rings. The third kappa shape index (κ3) is 1.49. The van der Waals surface area contributed by atoms with Crippen molar-refractivity contribution < 1.29 is 0 Å². The molecule has 0 N–H and O–H groups in total. The van der Waals surface area contributed by atoms with E-state index in [9.17, 15) is 0 Å². The molecule has 2 aromatic rings. The van der Waals surface area contributed by atoms with E-state index in [0.717, 1.165) is 11.2 Å². The zero-order chi connectivity index (χ0) is 9.42. The highest BCUT2D eigenvalue weighted by Crippen LogP contribution is 2.22. The fourth-order valence-corrected chi connectivity index (χ4v) is 1.33. The molecule has 0 unspecified atom stereocenters. The molecule has 0 aliphatic heterocycles. The van der Waals surface area contributed by atoms with Crippen molar-refractivity contribution in [2.75, 3.05) is 0 Å². The lowest BCUT2D eigenvalue weighted by molar-refractivity contribution is 0.914. The Morgan fingerprint density at radius 1 is 1.46 bits per heavy atom. The van der Waals surface area contributed by atoms with Crippen molar-refractivity contribution in [1.82, 2.24) is 14.6 Å². The summed E-state index contributed by atoms with van der Waals surface area (Å²) in [5.74, 6) is 0.442. The standard InChI is InChI=1S/C8H7Cl2N3/c1-5-3-2-4-13-8(5)11-7(12-13)6(9)10/h2-4,6H,1H3. The van der Waals surface area contributed by atoms with Crippen molar-refractivity contribution in [2.24, 2.45) is 0 Å². The van der Waals surface area contributed by atoms with Gasteiger partial charge in [0.2, 0.25) is 0 Å². The predicted octanol–water partition coefficient (Wildman–Crippen LogP) is 2.51. The second-order valence-electron chi connectivity index (χ2n) is 2.73. The summed E-state index contributed by atoms with van der Waals surface area (Å²) in [6.07, 6.45) is 1.81. The lowest BCUT2D eigenvalue weighted by Crippen LogP contribution is -1.88. The Balaban J connectivity index is 2.68. The van der Waals surface area contributed by atoms with Gasteiger partial charge in [0.05, 0.1) is 0 Å². The van der Waals surface area contributed by atoms with Crippen LogP contribution >= 0.6 is 23.2 Å². The monoisotopic (exact) mass is 215 g/mol. The van der Waals surface area contributed by atoms with Gasteiger partial charge in [-0.2, -0.15) is 0 Å². The first-order valence-corrected chi connectivity index (χ1v) is 4.66. The summed E-state index contributed by atoms with van der Waals surface area (Å²) in [6, 6.07) is 3.86. The number of rotatable bonds is 1. The number of aryl methyl sites for hydroxylation is 1. The van der Waals surface area contributed by atoms with Crippen molar-refractivity contribution in [3.05, 3.63) is 29.7 Å². The molecule has 5 heteroatoms. The second kappa shape index (κ2) is 3.16. The van der Waals surface area contributed by atoms with Gasteiger partial charge in [-0.15, -0.1) is 5.10 Å². The van der Waals surface area contributed by atoms with Gasteiger partial charge < -0.3 is 0 Å². The van der Waals surface area contributed by atoms with E-state index >= 15 is 0 Å². The average molecular weight is 216 g/mol. The third-order valence-electron chi connectivity index (χ3n) is 1.77. The fourth-order valence-electron chi connectivity index (χ4n) is 1.15. The molecule has 68 valence electrons. The number of hydrogen-bond donors (Lipinski definition) is 0. The van der Waals surface area contributed by atoms with E-state index in [0.29, 0.717) is 5.82 Å². The van der Waals surface area contributed by atoms with Crippen LogP contribution in [-0.2, 0) is 0 Å². The minimum atomic E-state index is -0.667. The first-order valence-electron chi connectivity index (χ1n) is 3.78. The van der Waals surface area contributed by atoms with Crippen LogP contribution < -0.4 is 0 Å². The average Bonchev–Trinajstić information content (AvgIpc) is 2.49. The van der Waals surface area contributed by atoms with Crippen LogP contribution in [0.25, 0.3) is 5.65 Å². The van der Waals surface area contributed by atoms with Crippen LogP contribution in [0.2, 0.25) is 0 Å². The molecule has 13 heavy (non-hydrogen) atoms. The van der Waals surface area contributed by atoms with Crippen molar-refractivity contribution in [2.45, 2.75) is 11.8 Å². The maximum atomic E-state index is 5.65. The highest BCUT2D eigenvalue weighted by atomic mass is 35.5. The van der Waals surface area contributed by atoms with Gasteiger partial charge in [-0.3, -0.25) is 0 Å². The van der Waals surface area contributed by atoms with E-state index in [-0.39, 0.29) is 0 Å². The summed E-state index contributed by atoms with van der Waals surface area (Å²) < 4.78 is 1.67. The Morgan fingerprint density at radius 2 is 2.23 bits per heavy atom. The summed E-state index contributed by atoms with van der Waals surface area (Å²) >= 11 is 11.3. The van der Waals surface area contributed by atoms with E-state index in [1.165, 1.54) is 0 Å². The molecule has 2 aromatic heterocycles. The molecule has 2 heterocycles. The van der Waals surface area contributed by atoms with Gasteiger partial charge in [-0.25, -0.2) is 9.50 Å². The number of nitrogens with zero attached hydrogens (tertiary/aromatic N) is 3. The number of hydrogen-bond acceptors (Lipinski definition) is 2. The molecule has 0 aliphatic rings. The molecule has 0 aromatic carbocycles. The van der Waals surface area contributed by atoms with Gasteiger partial charge in [0, 0.05) is 6.20 Å². The highest BCUT2D eigenvalue weighted by molar-refractivity contribution is 6.43. The summed E-state index contributed by atoms with van der Waals surface area (Å²) in [4.78, 5) is 3.53. The number of aromatic nitrogens is 3. The molecule has 2 rings (SSSR count). The molecule has 0 spiro atoms. The van der Waals surface area contributed by atoms with Gasteiger partial charge in [-0.05, 0) is 18.6 Å². The molecular formula is C8H7Cl2N3. The lowest BCUT2D eigenvalue weighted by atomic mass is 10.3. The van der Waals surface area contributed by atoms with Crippen LogP contribution in [0.1, 0.15) is 16.2 Å². The number of halogens is 2. The maximum Gasteiger partial charge on any atom is 0.184 e. The number of pyridine rings is 1. The van der Waals surface area contributed by atoms with Crippen LogP contribution in [0, 0.1) is 6.92 Å². The summed E-state index contributed by atoms with van der Waals surface area (Å²) in [6.45, 7) is 1.96. The molecule has 0 aliphatic carbocycles. The minimum Gasteiger partial charge on any atom is -0.221 e. The molecule has 3 nitrogen and oxygen atoms in total. The largest absolute Gasteiger partial charge is 0.221 e. The minimum absolute atomic E-state index is 0.442. The van der Waals surface area contributed by atoms with Crippen LogP contribution in [0.15, 0.2) is 18.3 Å². The van der Waals surface area contributed by atoms with Gasteiger partial charge in [-0.1, -0.05) is 29.3 Å². The van der Waals surface area contributed by atoms with Crippen molar-refractivity contribution in [3.8, 4) is 0 Å². The zero-order valence-corrected chi connectivity index (χ0v) is 8.42. The van der Waals surface area contributed by atoms with E-state index in [4.69, 9.17) is 23.2 Å². The molecule has 0 radical (unpaired) electrons. The number of fused-ring (bicyclic) bond motifs is 1.